The first-order chi connectivity index (χ1) is 10.2. The van der Waals surface area contributed by atoms with Gasteiger partial charge in [0, 0.05) is 25.5 Å². The standard InChI is InChI=1S/C17H18N4/c1-20(2)16-10-8-14(9-11-16)19-15-12-18-21(13-15)17-6-4-3-5-7-17/h3-13,19H,1-2H3. The molecule has 0 aliphatic heterocycles. The zero-order chi connectivity index (χ0) is 14.7. The minimum atomic E-state index is 0.969. The predicted octanol–water partition coefficient (Wildman–Crippen LogP) is 3.68. The molecule has 0 aliphatic rings. The zero-order valence-corrected chi connectivity index (χ0v) is 12.2. The topological polar surface area (TPSA) is 33.1 Å². The number of nitrogens with one attached hydrogen (secondary N) is 1. The Morgan fingerprint density at radius 2 is 1.62 bits per heavy atom. The van der Waals surface area contributed by atoms with E-state index in [-0.39, 0.29) is 0 Å². The van der Waals surface area contributed by atoms with Crippen molar-refractivity contribution in [3.63, 3.8) is 0 Å². The van der Waals surface area contributed by atoms with Crippen molar-refractivity contribution in [3.05, 3.63) is 67.0 Å². The van der Waals surface area contributed by atoms with Gasteiger partial charge in [0.1, 0.15) is 0 Å². The molecule has 0 bridgehead atoms. The number of hydrogen-bond donors (Lipinski definition) is 1. The molecule has 0 saturated carbocycles. The van der Waals surface area contributed by atoms with Crippen molar-refractivity contribution in [2.45, 2.75) is 0 Å². The number of aromatic nitrogens is 2. The fourth-order valence-corrected chi connectivity index (χ4v) is 2.12. The lowest BCUT2D eigenvalue weighted by molar-refractivity contribution is 0.881. The van der Waals surface area contributed by atoms with E-state index in [2.05, 4.69) is 39.6 Å². The maximum absolute atomic E-state index is 4.37. The maximum atomic E-state index is 4.37. The van der Waals surface area contributed by atoms with E-state index >= 15 is 0 Å². The quantitative estimate of drug-likeness (QED) is 0.790. The molecular formula is C17H18N4. The van der Waals surface area contributed by atoms with E-state index < -0.39 is 0 Å². The van der Waals surface area contributed by atoms with Gasteiger partial charge in [-0.05, 0) is 36.4 Å². The first kappa shape index (κ1) is 13.2. The van der Waals surface area contributed by atoms with E-state index in [0.29, 0.717) is 0 Å². The van der Waals surface area contributed by atoms with Crippen LogP contribution in [0, 0.1) is 0 Å². The second kappa shape index (κ2) is 5.71. The number of nitrogens with zero attached hydrogens (tertiary/aromatic N) is 3. The van der Waals surface area contributed by atoms with Crippen molar-refractivity contribution in [3.8, 4) is 5.69 Å². The molecule has 0 atom stereocenters. The molecule has 1 aromatic heterocycles. The van der Waals surface area contributed by atoms with Crippen molar-refractivity contribution >= 4 is 17.1 Å². The second-order valence-electron chi connectivity index (χ2n) is 5.08. The van der Waals surface area contributed by atoms with Crippen LogP contribution < -0.4 is 10.2 Å². The molecule has 0 fully saturated rings. The van der Waals surface area contributed by atoms with Crippen LogP contribution >= 0.6 is 0 Å². The molecule has 0 radical (unpaired) electrons. The third kappa shape index (κ3) is 3.05. The molecular weight excluding hydrogens is 260 g/mol. The Balaban J connectivity index is 1.75. The average molecular weight is 278 g/mol. The van der Waals surface area contributed by atoms with Gasteiger partial charge in [-0.25, -0.2) is 4.68 Å². The van der Waals surface area contributed by atoms with Crippen LogP contribution in [0.15, 0.2) is 67.0 Å². The molecule has 0 spiro atoms. The number of hydrogen-bond acceptors (Lipinski definition) is 3. The van der Waals surface area contributed by atoms with E-state index in [1.54, 1.807) is 0 Å². The maximum Gasteiger partial charge on any atom is 0.0775 e. The number of rotatable bonds is 4. The highest BCUT2D eigenvalue weighted by atomic mass is 15.3. The molecule has 0 saturated heterocycles. The molecule has 0 aliphatic carbocycles. The van der Waals surface area contributed by atoms with Gasteiger partial charge in [-0.1, -0.05) is 18.2 Å². The summed E-state index contributed by atoms with van der Waals surface area (Å²) < 4.78 is 1.86. The Kier molecular flexibility index (Phi) is 3.60. The summed E-state index contributed by atoms with van der Waals surface area (Å²) in [6, 6.07) is 18.4. The first-order valence-corrected chi connectivity index (χ1v) is 6.87. The molecule has 4 nitrogen and oxygen atoms in total. The van der Waals surface area contributed by atoms with Gasteiger partial charge in [0.05, 0.1) is 23.8 Å². The highest BCUT2D eigenvalue weighted by Gasteiger charge is 2.01. The van der Waals surface area contributed by atoms with Crippen LogP contribution in [0.2, 0.25) is 0 Å². The molecule has 106 valence electrons. The van der Waals surface area contributed by atoms with Crippen LogP contribution in [-0.4, -0.2) is 23.9 Å². The van der Waals surface area contributed by atoms with Crippen molar-refractivity contribution in [1.29, 1.82) is 0 Å². The Labute approximate surface area is 124 Å². The number of anilines is 3. The molecule has 0 amide bonds. The van der Waals surface area contributed by atoms with Gasteiger partial charge in [-0.3, -0.25) is 0 Å². The lowest BCUT2D eigenvalue weighted by Crippen LogP contribution is -2.08. The minimum Gasteiger partial charge on any atom is -0.378 e. The molecule has 3 rings (SSSR count). The molecule has 3 aromatic rings. The van der Waals surface area contributed by atoms with Gasteiger partial charge in [0.25, 0.3) is 0 Å². The summed E-state index contributed by atoms with van der Waals surface area (Å²) in [6.45, 7) is 0. The Hall–Kier alpha value is -2.75. The summed E-state index contributed by atoms with van der Waals surface area (Å²) in [7, 11) is 4.07. The van der Waals surface area contributed by atoms with Crippen molar-refractivity contribution < 1.29 is 0 Å². The summed E-state index contributed by atoms with van der Waals surface area (Å²) in [5, 5.41) is 7.73. The average Bonchev–Trinajstić information content (AvgIpc) is 2.97. The van der Waals surface area contributed by atoms with Crippen LogP contribution in [-0.2, 0) is 0 Å². The van der Waals surface area contributed by atoms with E-state index in [0.717, 1.165) is 17.1 Å². The van der Waals surface area contributed by atoms with Crippen LogP contribution in [0.5, 0.6) is 0 Å². The normalized spacial score (nSPS) is 10.4. The Bertz CT molecular complexity index is 699. The molecule has 21 heavy (non-hydrogen) atoms. The van der Waals surface area contributed by atoms with Gasteiger partial charge >= 0.3 is 0 Å². The predicted molar refractivity (Wildman–Crippen MR) is 87.6 cm³/mol. The van der Waals surface area contributed by atoms with Crippen LogP contribution in [0.25, 0.3) is 5.69 Å². The minimum absolute atomic E-state index is 0.969. The lowest BCUT2D eigenvalue weighted by atomic mass is 10.2. The summed E-state index contributed by atoms with van der Waals surface area (Å²) in [5.74, 6) is 0. The second-order valence-corrected chi connectivity index (χ2v) is 5.08. The summed E-state index contributed by atoms with van der Waals surface area (Å²) in [5.41, 5.74) is 4.25. The molecule has 2 aromatic carbocycles. The molecule has 0 unspecified atom stereocenters. The fraction of sp³-hybridized carbons (Fsp3) is 0.118. The van der Waals surface area contributed by atoms with Crippen LogP contribution in [0.3, 0.4) is 0 Å². The van der Waals surface area contributed by atoms with Gasteiger partial charge in [0.15, 0.2) is 0 Å². The Morgan fingerprint density at radius 3 is 2.29 bits per heavy atom. The van der Waals surface area contributed by atoms with Crippen LogP contribution in [0.1, 0.15) is 0 Å². The third-order valence-electron chi connectivity index (χ3n) is 3.28. The van der Waals surface area contributed by atoms with E-state index in [1.165, 1.54) is 5.69 Å². The zero-order valence-electron chi connectivity index (χ0n) is 12.2. The van der Waals surface area contributed by atoms with Crippen molar-refractivity contribution in [2.24, 2.45) is 0 Å². The lowest BCUT2D eigenvalue weighted by Gasteiger charge is -2.12. The van der Waals surface area contributed by atoms with Crippen LogP contribution in [0.4, 0.5) is 17.1 Å². The largest absolute Gasteiger partial charge is 0.378 e. The highest BCUT2D eigenvalue weighted by molar-refractivity contribution is 5.62. The van der Waals surface area contributed by atoms with Gasteiger partial charge in [0.2, 0.25) is 0 Å². The van der Waals surface area contributed by atoms with Crippen molar-refractivity contribution in [2.75, 3.05) is 24.3 Å². The Morgan fingerprint density at radius 1 is 0.905 bits per heavy atom. The summed E-state index contributed by atoms with van der Waals surface area (Å²) in [4.78, 5) is 2.08. The van der Waals surface area contributed by atoms with E-state index in [1.807, 2.05) is 61.5 Å². The fourth-order valence-electron chi connectivity index (χ4n) is 2.12. The van der Waals surface area contributed by atoms with Gasteiger partial charge < -0.3 is 10.2 Å². The van der Waals surface area contributed by atoms with Gasteiger partial charge in [-0.15, -0.1) is 0 Å². The summed E-state index contributed by atoms with van der Waals surface area (Å²) in [6.07, 6.45) is 3.81. The smallest absolute Gasteiger partial charge is 0.0775 e. The SMILES string of the molecule is CN(C)c1ccc(Nc2cnn(-c3ccccc3)c2)cc1. The van der Waals surface area contributed by atoms with Crippen molar-refractivity contribution in [1.82, 2.24) is 9.78 Å². The molecule has 1 heterocycles. The molecule has 1 N–H and O–H groups in total. The summed E-state index contributed by atoms with van der Waals surface area (Å²) >= 11 is 0. The first-order valence-electron chi connectivity index (χ1n) is 6.87. The van der Waals surface area contributed by atoms with E-state index in [4.69, 9.17) is 0 Å². The third-order valence-corrected chi connectivity index (χ3v) is 3.28. The highest BCUT2D eigenvalue weighted by Crippen LogP contribution is 2.20. The monoisotopic (exact) mass is 278 g/mol. The van der Waals surface area contributed by atoms with E-state index in [9.17, 15) is 0 Å². The number of para-hydroxylation sites is 1. The number of benzene rings is 2. The molecule has 4 heteroatoms. The van der Waals surface area contributed by atoms with Gasteiger partial charge in [-0.2, -0.15) is 5.10 Å².